The predicted octanol–water partition coefficient (Wildman–Crippen LogP) is 5.81. The number of nitrogens with zero attached hydrogens (tertiary/aromatic N) is 6. The highest BCUT2D eigenvalue weighted by molar-refractivity contribution is 6.09. The number of hydrogen-bond acceptors (Lipinski definition) is 9. The Balaban J connectivity index is 1.27. The van der Waals surface area contributed by atoms with E-state index < -0.39 is 0 Å². The van der Waals surface area contributed by atoms with Crippen LogP contribution in [0.15, 0.2) is 52.3 Å². The van der Waals surface area contributed by atoms with Crippen molar-refractivity contribution in [1.82, 2.24) is 14.7 Å². The number of carbonyl (C=O) groups excluding carboxylic acids is 3. The third kappa shape index (κ3) is 10.9. The molecular formula is C36H48N6O7. The summed E-state index contributed by atoms with van der Waals surface area (Å²) >= 11 is 0. The van der Waals surface area contributed by atoms with Crippen molar-refractivity contribution in [2.45, 2.75) is 59.4 Å². The average Bonchev–Trinajstić information content (AvgIpc) is 3.52. The summed E-state index contributed by atoms with van der Waals surface area (Å²) in [7, 11) is 0. The zero-order valence-electron chi connectivity index (χ0n) is 29.1. The molecule has 0 N–H and O–H groups in total. The van der Waals surface area contributed by atoms with Gasteiger partial charge >= 0.3 is 0 Å². The highest BCUT2D eigenvalue weighted by atomic mass is 16.6. The third-order valence-corrected chi connectivity index (χ3v) is 8.50. The molecule has 2 heterocycles. The first-order valence-electron chi connectivity index (χ1n) is 16.9. The van der Waals surface area contributed by atoms with E-state index in [-0.39, 0.29) is 36.5 Å². The van der Waals surface area contributed by atoms with Gasteiger partial charge in [0.25, 0.3) is 0 Å². The van der Waals surface area contributed by atoms with Crippen molar-refractivity contribution >= 4 is 33.9 Å². The van der Waals surface area contributed by atoms with Gasteiger partial charge in [0.15, 0.2) is 11.6 Å². The van der Waals surface area contributed by atoms with E-state index in [1.807, 2.05) is 36.7 Å². The smallest absolute Gasteiger partial charge is 0.248 e. The number of Topliss-reactive ketones (excluding diaryl/α,β-unsaturated/α-hetero) is 2. The van der Waals surface area contributed by atoms with Crippen LogP contribution in [-0.4, -0.2) is 105 Å². The Hall–Kier alpha value is -4.13. The summed E-state index contributed by atoms with van der Waals surface area (Å²) in [5, 5.41) is 8.79. The van der Waals surface area contributed by atoms with Crippen LogP contribution in [0.4, 0.5) is 0 Å². The fraction of sp³-hybridized carbons (Fsp3) is 0.556. The molecule has 4 rings (SSSR count). The Morgan fingerprint density at radius 1 is 1.02 bits per heavy atom. The number of ketones is 2. The lowest BCUT2D eigenvalue weighted by atomic mass is 9.88. The number of allylic oxidation sites excluding steroid dienone is 4. The summed E-state index contributed by atoms with van der Waals surface area (Å²) in [5.41, 5.74) is 14.5. The van der Waals surface area contributed by atoms with Crippen molar-refractivity contribution in [3.05, 3.63) is 68.8 Å². The number of amides is 1. The number of fused-ring (bicyclic) bond motifs is 1. The lowest BCUT2D eigenvalue weighted by Gasteiger charge is -2.27. The molecule has 0 spiro atoms. The first-order chi connectivity index (χ1) is 23.7. The molecule has 2 aliphatic rings. The Morgan fingerprint density at radius 3 is 2.35 bits per heavy atom. The molecule has 0 unspecified atom stereocenters. The summed E-state index contributed by atoms with van der Waals surface area (Å²) in [4.78, 5) is 43.6. The molecule has 13 nitrogen and oxygen atoms in total. The normalized spacial score (nSPS) is 15.1. The SMILES string of the molecule is CC1=CC(C)=C(CCC(=O)c2cc(C3=CCN(C(=O)COCCOCCOCCOCCN=[N+]=[N-])CC3)cc3c2cnn3C(C)C)C(=O)C1. The quantitative estimate of drug-likeness (QED) is 0.0559. The van der Waals surface area contributed by atoms with Crippen molar-refractivity contribution in [3.63, 3.8) is 0 Å². The van der Waals surface area contributed by atoms with Crippen molar-refractivity contribution < 1.29 is 33.3 Å². The molecule has 0 fully saturated rings. The molecule has 1 amide bonds. The topological polar surface area (TPSA) is 158 Å². The summed E-state index contributed by atoms with van der Waals surface area (Å²) in [6, 6.07) is 4.15. The Kier molecular flexibility index (Phi) is 14.7. The van der Waals surface area contributed by atoms with E-state index in [1.165, 1.54) is 0 Å². The van der Waals surface area contributed by atoms with Gasteiger partial charge < -0.3 is 23.8 Å². The van der Waals surface area contributed by atoms with Gasteiger partial charge in [-0.25, -0.2) is 0 Å². The second-order valence-electron chi connectivity index (χ2n) is 12.5. The fourth-order valence-corrected chi connectivity index (χ4v) is 5.99. The van der Waals surface area contributed by atoms with E-state index in [1.54, 1.807) is 11.1 Å². The predicted molar refractivity (Wildman–Crippen MR) is 186 cm³/mol. The van der Waals surface area contributed by atoms with Gasteiger partial charge in [-0.1, -0.05) is 22.8 Å². The van der Waals surface area contributed by atoms with E-state index in [0.29, 0.717) is 90.7 Å². The summed E-state index contributed by atoms with van der Waals surface area (Å²) < 4.78 is 23.6. The standard InChI is InChI=1S/C36H48N6O7/c1-25(2)42-33-22-29(21-31(32(33)23-39-42)34(43)6-5-30-27(4)19-26(3)20-35(30)44)28-7-10-41(11-8-28)36(45)24-49-18-17-48-16-15-47-14-13-46-12-9-38-40-37/h7,19,21-23,25H,5-6,8-18,20,24H2,1-4H3. The van der Waals surface area contributed by atoms with Crippen LogP contribution in [0.25, 0.3) is 26.9 Å². The fourth-order valence-electron chi connectivity index (χ4n) is 5.99. The van der Waals surface area contributed by atoms with Crippen LogP contribution in [-0.2, 0) is 28.5 Å². The van der Waals surface area contributed by atoms with Crippen LogP contribution in [0.5, 0.6) is 0 Å². The van der Waals surface area contributed by atoms with Crippen LogP contribution in [0, 0.1) is 0 Å². The first-order valence-corrected chi connectivity index (χ1v) is 16.9. The van der Waals surface area contributed by atoms with E-state index in [2.05, 4.69) is 35.0 Å². The molecule has 49 heavy (non-hydrogen) atoms. The average molecular weight is 677 g/mol. The first kappa shape index (κ1) is 37.7. The monoisotopic (exact) mass is 676 g/mol. The third-order valence-electron chi connectivity index (χ3n) is 8.50. The lowest BCUT2D eigenvalue weighted by molar-refractivity contribution is -0.136. The highest BCUT2D eigenvalue weighted by Crippen LogP contribution is 2.32. The molecular weight excluding hydrogens is 628 g/mol. The molecule has 2 aromatic rings. The number of benzene rings is 1. The minimum absolute atomic E-state index is 0.0126. The second-order valence-corrected chi connectivity index (χ2v) is 12.5. The zero-order chi connectivity index (χ0) is 35.2. The highest BCUT2D eigenvalue weighted by Gasteiger charge is 2.23. The summed E-state index contributed by atoms with van der Waals surface area (Å²) in [5.74, 6) is -0.000125. The van der Waals surface area contributed by atoms with Crippen LogP contribution < -0.4 is 0 Å². The van der Waals surface area contributed by atoms with Crippen molar-refractivity contribution in [1.29, 1.82) is 0 Å². The number of azide groups is 1. The van der Waals surface area contributed by atoms with Crippen molar-refractivity contribution in [3.8, 4) is 0 Å². The molecule has 1 aromatic heterocycles. The number of ether oxygens (including phenoxy) is 4. The summed E-state index contributed by atoms with van der Waals surface area (Å²) in [6.45, 7) is 12.0. The largest absolute Gasteiger partial charge is 0.379 e. The second kappa shape index (κ2) is 19.2. The van der Waals surface area contributed by atoms with Gasteiger partial charge in [-0.15, -0.1) is 0 Å². The van der Waals surface area contributed by atoms with Gasteiger partial charge in [0, 0.05) is 54.4 Å². The Bertz CT molecular complexity index is 1630. The minimum atomic E-state index is -0.0878. The van der Waals surface area contributed by atoms with Crippen LogP contribution >= 0.6 is 0 Å². The Morgan fingerprint density at radius 2 is 1.71 bits per heavy atom. The molecule has 1 aromatic carbocycles. The molecule has 1 aliphatic heterocycles. The van der Waals surface area contributed by atoms with E-state index >= 15 is 0 Å². The van der Waals surface area contributed by atoms with Crippen LogP contribution in [0.3, 0.4) is 0 Å². The van der Waals surface area contributed by atoms with Crippen LogP contribution in [0.2, 0.25) is 0 Å². The van der Waals surface area contributed by atoms with Crippen LogP contribution in [0.1, 0.15) is 75.3 Å². The Labute approximate surface area is 287 Å². The number of carbonyl (C=O) groups is 3. The molecule has 0 saturated heterocycles. The maximum Gasteiger partial charge on any atom is 0.248 e. The van der Waals surface area contributed by atoms with E-state index in [4.69, 9.17) is 24.5 Å². The molecule has 13 heteroatoms. The van der Waals surface area contributed by atoms with Crippen molar-refractivity contribution in [2.75, 3.05) is 72.5 Å². The summed E-state index contributed by atoms with van der Waals surface area (Å²) in [6.07, 6.45) is 7.56. The van der Waals surface area contributed by atoms with E-state index in [0.717, 1.165) is 38.8 Å². The molecule has 264 valence electrons. The van der Waals surface area contributed by atoms with Gasteiger partial charge in [-0.3, -0.25) is 19.1 Å². The number of rotatable bonds is 20. The maximum atomic E-state index is 13.7. The van der Waals surface area contributed by atoms with Gasteiger partial charge in [0.2, 0.25) is 5.91 Å². The van der Waals surface area contributed by atoms with Gasteiger partial charge in [0.05, 0.1) is 58.0 Å². The molecule has 0 atom stereocenters. The molecule has 0 bridgehead atoms. The van der Waals surface area contributed by atoms with Gasteiger partial charge in [-0.05, 0) is 80.5 Å². The van der Waals surface area contributed by atoms with Crippen molar-refractivity contribution in [2.24, 2.45) is 5.11 Å². The molecule has 0 radical (unpaired) electrons. The number of aromatic nitrogens is 2. The van der Waals surface area contributed by atoms with E-state index in [9.17, 15) is 14.4 Å². The number of hydrogen-bond donors (Lipinski definition) is 0. The maximum absolute atomic E-state index is 13.7. The molecule has 1 aliphatic carbocycles. The zero-order valence-corrected chi connectivity index (χ0v) is 29.1. The molecule has 0 saturated carbocycles. The minimum Gasteiger partial charge on any atom is -0.379 e. The van der Waals surface area contributed by atoms with Gasteiger partial charge in [-0.2, -0.15) is 5.10 Å². The van der Waals surface area contributed by atoms with Gasteiger partial charge in [0.1, 0.15) is 6.61 Å². The lowest BCUT2D eigenvalue weighted by Crippen LogP contribution is -2.37.